The number of thiazole rings is 1. The third-order valence-electron chi connectivity index (χ3n) is 4.70. The van der Waals surface area contributed by atoms with Crippen molar-refractivity contribution in [2.24, 2.45) is 4.99 Å². The Labute approximate surface area is 183 Å². The lowest BCUT2D eigenvalue weighted by Crippen LogP contribution is -2.29. The lowest BCUT2D eigenvalue weighted by Gasteiger charge is -2.12. The highest BCUT2D eigenvalue weighted by Gasteiger charge is 2.14. The largest absolute Gasteiger partial charge is 0.385 e. The van der Waals surface area contributed by atoms with E-state index in [-0.39, 0.29) is 17.7 Å². The van der Waals surface area contributed by atoms with Gasteiger partial charge in [-0.2, -0.15) is 10.4 Å². The lowest BCUT2D eigenvalue weighted by atomic mass is 10.1. The standard InChI is InChI=1S/C21H22ClN5O2S/c1-14-15(2)25-27(20(28)19(14)11-23)12-18-13-30-21(26(18)8-5-9-29-3)24-17-7-4-6-16(22)10-17/h4,6-7,10,13H,5,8-9,12H2,1-3H3. The predicted octanol–water partition coefficient (Wildman–Crippen LogP) is 3.57. The van der Waals surface area contributed by atoms with E-state index >= 15 is 0 Å². The maximum atomic E-state index is 12.7. The van der Waals surface area contributed by atoms with Gasteiger partial charge in [0.1, 0.15) is 11.6 Å². The Morgan fingerprint density at radius 1 is 1.37 bits per heavy atom. The molecule has 0 bridgehead atoms. The van der Waals surface area contributed by atoms with Crippen molar-refractivity contribution in [1.29, 1.82) is 5.26 Å². The Morgan fingerprint density at radius 3 is 2.87 bits per heavy atom. The summed E-state index contributed by atoms with van der Waals surface area (Å²) in [4.78, 5) is 18.2. The number of nitrogens with zero attached hydrogens (tertiary/aromatic N) is 5. The van der Waals surface area contributed by atoms with E-state index in [1.54, 1.807) is 33.1 Å². The second kappa shape index (κ2) is 9.85. The van der Waals surface area contributed by atoms with Crippen molar-refractivity contribution in [1.82, 2.24) is 14.3 Å². The molecule has 0 amide bonds. The topological polar surface area (TPSA) is 85.2 Å². The van der Waals surface area contributed by atoms with Crippen molar-refractivity contribution >= 4 is 28.6 Å². The highest BCUT2D eigenvalue weighted by Crippen LogP contribution is 2.18. The molecule has 2 heterocycles. The predicted molar refractivity (Wildman–Crippen MR) is 117 cm³/mol. The fourth-order valence-electron chi connectivity index (χ4n) is 3.01. The number of methoxy groups -OCH3 is 1. The highest BCUT2D eigenvalue weighted by molar-refractivity contribution is 7.07. The monoisotopic (exact) mass is 443 g/mol. The van der Waals surface area contributed by atoms with E-state index in [0.717, 1.165) is 22.6 Å². The summed E-state index contributed by atoms with van der Waals surface area (Å²) < 4.78 is 8.59. The first-order chi connectivity index (χ1) is 14.4. The van der Waals surface area contributed by atoms with Gasteiger partial charge >= 0.3 is 0 Å². The molecule has 0 radical (unpaired) electrons. The van der Waals surface area contributed by atoms with Crippen LogP contribution in [0.25, 0.3) is 0 Å². The Hall–Kier alpha value is -2.73. The maximum Gasteiger partial charge on any atom is 0.285 e. The fourth-order valence-corrected chi connectivity index (χ4v) is 4.13. The molecular weight excluding hydrogens is 422 g/mol. The van der Waals surface area contributed by atoms with E-state index in [1.165, 1.54) is 16.0 Å². The lowest BCUT2D eigenvalue weighted by molar-refractivity contribution is 0.189. The second-order valence-corrected chi connectivity index (χ2v) is 8.03. The number of nitriles is 1. The first-order valence-electron chi connectivity index (χ1n) is 9.39. The van der Waals surface area contributed by atoms with Crippen molar-refractivity contribution in [2.45, 2.75) is 33.4 Å². The molecule has 1 aromatic carbocycles. The van der Waals surface area contributed by atoms with Gasteiger partial charge < -0.3 is 9.30 Å². The molecule has 0 spiro atoms. The molecule has 3 rings (SSSR count). The number of aromatic nitrogens is 3. The van der Waals surface area contributed by atoms with E-state index in [9.17, 15) is 10.1 Å². The van der Waals surface area contributed by atoms with E-state index in [2.05, 4.69) is 9.67 Å². The normalized spacial score (nSPS) is 11.6. The summed E-state index contributed by atoms with van der Waals surface area (Å²) in [5.41, 5.74) is 2.67. The number of hydrogen-bond acceptors (Lipinski definition) is 6. The number of hydrogen-bond donors (Lipinski definition) is 0. The van der Waals surface area contributed by atoms with Gasteiger partial charge in [-0.25, -0.2) is 9.67 Å². The fraction of sp³-hybridized carbons (Fsp3) is 0.333. The molecule has 0 aliphatic rings. The Bertz CT molecular complexity index is 1220. The number of rotatable bonds is 7. The Kier molecular flexibility index (Phi) is 7.21. The van der Waals surface area contributed by atoms with Gasteiger partial charge in [0.05, 0.1) is 23.6 Å². The first-order valence-corrected chi connectivity index (χ1v) is 10.6. The van der Waals surface area contributed by atoms with Crippen LogP contribution in [0.2, 0.25) is 5.02 Å². The van der Waals surface area contributed by atoms with Crippen molar-refractivity contribution in [3.05, 3.63) is 72.3 Å². The molecule has 2 aromatic heterocycles. The summed E-state index contributed by atoms with van der Waals surface area (Å²) in [6, 6.07) is 9.35. The molecule has 0 saturated carbocycles. The van der Waals surface area contributed by atoms with Gasteiger partial charge in [0, 0.05) is 30.7 Å². The van der Waals surface area contributed by atoms with Crippen LogP contribution in [-0.4, -0.2) is 28.1 Å². The number of aryl methyl sites for hydroxylation is 1. The molecule has 0 saturated heterocycles. The van der Waals surface area contributed by atoms with Crippen molar-refractivity contribution in [2.75, 3.05) is 13.7 Å². The molecule has 7 nitrogen and oxygen atoms in total. The molecule has 3 aromatic rings. The SMILES string of the molecule is COCCCn1c(Cn2nc(C)c(C)c(C#N)c2=O)csc1=Nc1cccc(Cl)c1. The van der Waals surface area contributed by atoms with Crippen LogP contribution in [0.3, 0.4) is 0 Å². The average Bonchev–Trinajstić information content (AvgIpc) is 3.08. The summed E-state index contributed by atoms with van der Waals surface area (Å²) in [5.74, 6) is 0. The molecular formula is C21H22ClN5O2S. The van der Waals surface area contributed by atoms with Crippen LogP contribution < -0.4 is 10.4 Å². The van der Waals surface area contributed by atoms with Crippen LogP contribution in [0.5, 0.6) is 0 Å². The van der Waals surface area contributed by atoms with E-state index < -0.39 is 0 Å². The van der Waals surface area contributed by atoms with Crippen molar-refractivity contribution in [3.63, 3.8) is 0 Å². The van der Waals surface area contributed by atoms with Crippen LogP contribution >= 0.6 is 22.9 Å². The molecule has 0 aliphatic heterocycles. The molecule has 0 aliphatic carbocycles. The Morgan fingerprint density at radius 2 is 2.17 bits per heavy atom. The zero-order valence-corrected chi connectivity index (χ0v) is 18.6. The minimum Gasteiger partial charge on any atom is -0.385 e. The van der Waals surface area contributed by atoms with Crippen molar-refractivity contribution in [3.8, 4) is 6.07 Å². The smallest absolute Gasteiger partial charge is 0.285 e. The second-order valence-electron chi connectivity index (χ2n) is 6.76. The van der Waals surface area contributed by atoms with Crippen molar-refractivity contribution < 1.29 is 4.74 Å². The van der Waals surface area contributed by atoms with Gasteiger partial charge in [-0.1, -0.05) is 17.7 Å². The zero-order chi connectivity index (χ0) is 21.7. The average molecular weight is 444 g/mol. The van der Waals surface area contributed by atoms with Gasteiger partial charge in [-0.05, 0) is 44.0 Å². The van der Waals surface area contributed by atoms with Crippen LogP contribution in [-0.2, 0) is 17.8 Å². The van der Waals surface area contributed by atoms with E-state index in [1.807, 2.05) is 23.6 Å². The molecule has 0 N–H and O–H groups in total. The molecule has 156 valence electrons. The third kappa shape index (κ3) is 4.87. The Balaban J connectivity index is 2.06. The minimum absolute atomic E-state index is 0.132. The molecule has 9 heteroatoms. The third-order valence-corrected chi connectivity index (χ3v) is 5.85. The van der Waals surface area contributed by atoms with E-state index in [0.29, 0.717) is 29.4 Å². The summed E-state index contributed by atoms with van der Waals surface area (Å²) in [5, 5.41) is 16.3. The van der Waals surface area contributed by atoms with Gasteiger partial charge in [0.15, 0.2) is 4.80 Å². The molecule has 0 unspecified atom stereocenters. The molecule has 0 atom stereocenters. The van der Waals surface area contributed by atoms with Crippen LogP contribution in [0, 0.1) is 25.2 Å². The summed E-state index contributed by atoms with van der Waals surface area (Å²) >= 11 is 7.57. The summed E-state index contributed by atoms with van der Waals surface area (Å²) in [7, 11) is 1.67. The first kappa shape index (κ1) is 22.0. The molecule has 0 fully saturated rings. The zero-order valence-electron chi connectivity index (χ0n) is 17.1. The number of ether oxygens (including phenoxy) is 1. The number of benzene rings is 1. The van der Waals surface area contributed by atoms with Gasteiger partial charge in [-0.15, -0.1) is 11.3 Å². The van der Waals surface area contributed by atoms with E-state index in [4.69, 9.17) is 21.3 Å². The van der Waals surface area contributed by atoms with Gasteiger partial charge in [0.25, 0.3) is 5.56 Å². The maximum absolute atomic E-state index is 12.7. The highest BCUT2D eigenvalue weighted by atomic mass is 35.5. The summed E-state index contributed by atoms with van der Waals surface area (Å²) in [6.07, 6.45) is 0.793. The quantitative estimate of drug-likeness (QED) is 0.522. The van der Waals surface area contributed by atoms with Gasteiger partial charge in [-0.3, -0.25) is 4.79 Å². The van der Waals surface area contributed by atoms with Crippen LogP contribution in [0.1, 0.15) is 28.9 Å². The molecule has 30 heavy (non-hydrogen) atoms. The van der Waals surface area contributed by atoms with Gasteiger partial charge in [0.2, 0.25) is 0 Å². The van der Waals surface area contributed by atoms with Crippen LogP contribution in [0.4, 0.5) is 5.69 Å². The summed E-state index contributed by atoms with van der Waals surface area (Å²) in [6.45, 7) is 5.08. The van der Waals surface area contributed by atoms with Crippen LogP contribution in [0.15, 0.2) is 39.4 Å². The minimum atomic E-state index is -0.386. The number of halogens is 1.